The highest BCUT2D eigenvalue weighted by Gasteiger charge is 2.28. The quantitative estimate of drug-likeness (QED) is 0.447. The molecule has 0 aliphatic carbocycles. The summed E-state index contributed by atoms with van der Waals surface area (Å²) in [6.07, 6.45) is 2.31. The van der Waals surface area contributed by atoms with Gasteiger partial charge in [0, 0.05) is 25.1 Å². The van der Waals surface area contributed by atoms with Gasteiger partial charge in [-0.05, 0) is 57.7 Å². The average Bonchev–Trinajstić information content (AvgIpc) is 3.26. The highest BCUT2D eigenvalue weighted by atomic mass is 19.1. The van der Waals surface area contributed by atoms with Crippen molar-refractivity contribution in [3.8, 4) is 11.3 Å². The van der Waals surface area contributed by atoms with Gasteiger partial charge in [-0.1, -0.05) is 19.9 Å². The Bertz CT molecular complexity index is 1030. The molecule has 2 rings (SSSR count). The lowest BCUT2D eigenvalue weighted by Gasteiger charge is -2.25. The topological polar surface area (TPSA) is 107 Å². The maximum Gasteiger partial charge on any atom is 0.243 e. The summed E-state index contributed by atoms with van der Waals surface area (Å²) in [5, 5.41) is 5.54. The number of H-pyrrole nitrogens is 1. The summed E-state index contributed by atoms with van der Waals surface area (Å²) < 4.78 is 14.3. The van der Waals surface area contributed by atoms with Gasteiger partial charge in [0.15, 0.2) is 0 Å². The number of benzene rings is 1. The van der Waals surface area contributed by atoms with Crippen molar-refractivity contribution in [2.75, 3.05) is 7.05 Å². The fraction of sp³-hybridized carbons (Fsp3) is 0.538. The van der Waals surface area contributed by atoms with Crippen molar-refractivity contribution in [1.29, 1.82) is 0 Å². The molecule has 9 heteroatoms. The van der Waals surface area contributed by atoms with E-state index in [0.717, 1.165) is 5.56 Å². The SMILES string of the molecule is Cc1ccc(-c2cnc([C@H](C)NC(=O)[C@H](CC(=O)N(C)C(C)C)NC(=O)CCC(C)C)[nH]2)c(F)c1. The smallest absolute Gasteiger partial charge is 0.243 e. The molecule has 1 aromatic heterocycles. The van der Waals surface area contributed by atoms with Crippen LogP contribution in [0.15, 0.2) is 24.4 Å². The van der Waals surface area contributed by atoms with E-state index in [1.165, 1.54) is 12.3 Å². The minimum absolute atomic E-state index is 0.0366. The standard InChI is InChI=1S/C26H38FN5O3/c1-15(2)8-11-23(33)30-21(13-24(34)32(7)16(3)4)26(35)29-18(6)25-28-14-22(31-25)19-10-9-17(5)12-20(19)27/h9-10,12,14-16,18,21H,8,11,13H2,1-7H3,(H,28,31)(H,29,35)(H,30,33)/t18-,21-/m0/s1. The first kappa shape index (κ1) is 28.0. The van der Waals surface area contributed by atoms with Crippen molar-refractivity contribution < 1.29 is 18.8 Å². The summed E-state index contributed by atoms with van der Waals surface area (Å²) in [5.41, 5.74) is 1.68. The molecule has 8 nitrogen and oxygen atoms in total. The number of imidazole rings is 1. The molecule has 0 radical (unpaired) electrons. The second-order valence-corrected chi connectivity index (χ2v) is 9.75. The number of aromatic amines is 1. The average molecular weight is 488 g/mol. The molecule has 3 N–H and O–H groups in total. The summed E-state index contributed by atoms with van der Waals surface area (Å²) in [6, 6.07) is 3.31. The van der Waals surface area contributed by atoms with Crippen molar-refractivity contribution in [1.82, 2.24) is 25.5 Å². The van der Waals surface area contributed by atoms with E-state index in [9.17, 15) is 18.8 Å². The Hall–Kier alpha value is -3.23. The van der Waals surface area contributed by atoms with Crippen molar-refractivity contribution in [3.05, 3.63) is 41.6 Å². The van der Waals surface area contributed by atoms with Gasteiger partial charge in [0.25, 0.3) is 0 Å². The van der Waals surface area contributed by atoms with E-state index < -0.39 is 18.0 Å². The normalized spacial score (nSPS) is 13.0. The van der Waals surface area contributed by atoms with Gasteiger partial charge in [0.05, 0.1) is 24.4 Å². The zero-order valence-electron chi connectivity index (χ0n) is 21.7. The lowest BCUT2D eigenvalue weighted by atomic mass is 10.1. The Morgan fingerprint density at radius 1 is 1.11 bits per heavy atom. The van der Waals surface area contributed by atoms with Gasteiger partial charge in [0.1, 0.15) is 17.7 Å². The first-order valence-electron chi connectivity index (χ1n) is 12.1. The molecule has 0 aliphatic rings. The number of rotatable bonds is 11. The number of hydrogen-bond acceptors (Lipinski definition) is 4. The largest absolute Gasteiger partial charge is 0.345 e. The Labute approximate surface area is 207 Å². The van der Waals surface area contributed by atoms with Gasteiger partial charge in [-0.3, -0.25) is 14.4 Å². The fourth-order valence-corrected chi connectivity index (χ4v) is 3.42. The van der Waals surface area contributed by atoms with E-state index in [1.54, 1.807) is 24.9 Å². The molecule has 35 heavy (non-hydrogen) atoms. The number of aryl methyl sites for hydroxylation is 1. The zero-order chi connectivity index (χ0) is 26.3. The second kappa shape index (κ2) is 12.5. The minimum atomic E-state index is -1.02. The number of carbonyl (C=O) groups excluding carboxylic acids is 3. The zero-order valence-corrected chi connectivity index (χ0v) is 21.7. The summed E-state index contributed by atoms with van der Waals surface area (Å²) in [6.45, 7) is 11.3. The Morgan fingerprint density at radius 2 is 1.80 bits per heavy atom. The number of hydrogen-bond donors (Lipinski definition) is 3. The van der Waals surface area contributed by atoms with E-state index >= 15 is 0 Å². The molecule has 0 spiro atoms. The number of halogens is 1. The van der Waals surface area contributed by atoms with Crippen LogP contribution in [0.3, 0.4) is 0 Å². The van der Waals surface area contributed by atoms with Crippen LogP contribution in [0.25, 0.3) is 11.3 Å². The van der Waals surface area contributed by atoms with Crippen LogP contribution in [0.5, 0.6) is 0 Å². The van der Waals surface area contributed by atoms with E-state index in [2.05, 4.69) is 20.6 Å². The van der Waals surface area contributed by atoms with Gasteiger partial charge >= 0.3 is 0 Å². The van der Waals surface area contributed by atoms with Crippen LogP contribution < -0.4 is 10.6 Å². The molecular weight excluding hydrogens is 449 g/mol. The van der Waals surface area contributed by atoms with Crippen molar-refractivity contribution >= 4 is 17.7 Å². The molecule has 0 bridgehead atoms. The Morgan fingerprint density at radius 3 is 2.40 bits per heavy atom. The van der Waals surface area contributed by atoms with Gasteiger partial charge in [-0.2, -0.15) is 0 Å². The molecule has 0 saturated heterocycles. The first-order chi connectivity index (χ1) is 16.4. The predicted octanol–water partition coefficient (Wildman–Crippen LogP) is 3.88. The molecule has 1 heterocycles. The first-order valence-corrected chi connectivity index (χ1v) is 12.1. The van der Waals surface area contributed by atoms with Crippen molar-refractivity contribution in [2.45, 2.75) is 78.9 Å². The van der Waals surface area contributed by atoms with Crippen LogP contribution >= 0.6 is 0 Å². The van der Waals surface area contributed by atoms with Gasteiger partial charge < -0.3 is 20.5 Å². The molecular formula is C26H38FN5O3. The maximum absolute atomic E-state index is 14.3. The summed E-state index contributed by atoms with van der Waals surface area (Å²) in [4.78, 5) is 47.1. The van der Waals surface area contributed by atoms with E-state index in [1.807, 2.05) is 40.7 Å². The van der Waals surface area contributed by atoms with Crippen molar-refractivity contribution in [2.24, 2.45) is 5.92 Å². The molecule has 0 fully saturated rings. The molecule has 0 saturated carbocycles. The van der Waals surface area contributed by atoms with Crippen LogP contribution in [0.1, 0.15) is 71.3 Å². The Balaban J connectivity index is 2.14. The third-order valence-electron chi connectivity index (χ3n) is 5.93. The van der Waals surface area contributed by atoms with E-state index in [0.29, 0.717) is 29.4 Å². The molecule has 2 atom stereocenters. The van der Waals surface area contributed by atoms with Crippen LogP contribution in [-0.4, -0.2) is 51.7 Å². The number of nitrogens with one attached hydrogen (secondary N) is 3. The molecule has 0 aliphatic heterocycles. The highest BCUT2D eigenvalue weighted by Crippen LogP contribution is 2.23. The molecule has 3 amide bonds. The number of amides is 3. The van der Waals surface area contributed by atoms with E-state index in [-0.39, 0.29) is 36.5 Å². The molecule has 0 unspecified atom stereocenters. The van der Waals surface area contributed by atoms with Gasteiger partial charge in [-0.25, -0.2) is 9.37 Å². The predicted molar refractivity (Wildman–Crippen MR) is 134 cm³/mol. The maximum atomic E-state index is 14.3. The minimum Gasteiger partial charge on any atom is -0.345 e. The summed E-state index contributed by atoms with van der Waals surface area (Å²) in [7, 11) is 1.67. The Kier molecular flexibility index (Phi) is 9.98. The van der Waals surface area contributed by atoms with Crippen LogP contribution in [0.2, 0.25) is 0 Å². The monoisotopic (exact) mass is 487 g/mol. The van der Waals surface area contributed by atoms with Crippen LogP contribution in [0, 0.1) is 18.7 Å². The van der Waals surface area contributed by atoms with Gasteiger partial charge in [0.2, 0.25) is 17.7 Å². The fourth-order valence-electron chi connectivity index (χ4n) is 3.42. The van der Waals surface area contributed by atoms with Crippen LogP contribution in [-0.2, 0) is 14.4 Å². The third kappa shape index (κ3) is 8.19. The highest BCUT2D eigenvalue weighted by molar-refractivity contribution is 5.92. The molecule has 1 aromatic carbocycles. The number of carbonyl (C=O) groups is 3. The van der Waals surface area contributed by atoms with Crippen molar-refractivity contribution in [3.63, 3.8) is 0 Å². The third-order valence-corrected chi connectivity index (χ3v) is 5.93. The molecule has 2 aromatic rings. The lowest BCUT2D eigenvalue weighted by molar-refractivity contribution is -0.136. The second-order valence-electron chi connectivity index (χ2n) is 9.75. The lowest BCUT2D eigenvalue weighted by Crippen LogP contribution is -2.50. The number of aromatic nitrogens is 2. The van der Waals surface area contributed by atoms with E-state index in [4.69, 9.17) is 0 Å². The van der Waals surface area contributed by atoms with Crippen LogP contribution in [0.4, 0.5) is 4.39 Å². The molecule has 192 valence electrons. The number of nitrogens with zero attached hydrogens (tertiary/aromatic N) is 2. The summed E-state index contributed by atoms with van der Waals surface area (Å²) >= 11 is 0. The summed E-state index contributed by atoms with van der Waals surface area (Å²) in [5.74, 6) is -0.597. The van der Waals surface area contributed by atoms with Gasteiger partial charge in [-0.15, -0.1) is 0 Å².